The molecule has 2 saturated heterocycles. The van der Waals surface area contributed by atoms with Gasteiger partial charge < -0.3 is 19.7 Å². The third-order valence-electron chi connectivity index (χ3n) is 5.54. The maximum Gasteiger partial charge on any atom is 0.415 e. The molecule has 7 nitrogen and oxygen atoms in total. The first-order valence-corrected chi connectivity index (χ1v) is 9.65. The fraction of sp³-hybridized carbons (Fsp3) is 0.600. The number of rotatable bonds is 4. The summed E-state index contributed by atoms with van der Waals surface area (Å²) in [5.74, 6) is -0.587. The Labute approximate surface area is 164 Å². The van der Waals surface area contributed by atoms with E-state index in [-0.39, 0.29) is 36.7 Å². The smallest absolute Gasteiger partial charge is 0.415 e. The number of morpholine rings is 1. The molecule has 5 atom stereocenters. The lowest BCUT2D eigenvalue weighted by Gasteiger charge is -2.42. The Kier molecular flexibility index (Phi) is 5.79. The second kappa shape index (κ2) is 7.95. The van der Waals surface area contributed by atoms with E-state index < -0.39 is 18.0 Å². The van der Waals surface area contributed by atoms with Crippen LogP contribution in [-0.4, -0.2) is 55.5 Å². The predicted molar refractivity (Wildman–Crippen MR) is 104 cm³/mol. The van der Waals surface area contributed by atoms with Crippen LogP contribution in [0.2, 0.25) is 0 Å². The Morgan fingerprint density at radius 1 is 1.25 bits per heavy atom. The van der Waals surface area contributed by atoms with Crippen LogP contribution in [-0.2, 0) is 14.3 Å². The first-order chi connectivity index (χ1) is 13.2. The minimum atomic E-state index is -0.544. The highest BCUT2D eigenvalue weighted by atomic mass is 19.1. The summed E-state index contributed by atoms with van der Waals surface area (Å²) in [5, 5.41) is 2.65. The van der Waals surface area contributed by atoms with E-state index in [4.69, 9.17) is 9.47 Å². The van der Waals surface area contributed by atoms with Crippen molar-refractivity contribution in [2.24, 2.45) is 0 Å². The molecule has 2 aliphatic heterocycles. The zero-order valence-corrected chi connectivity index (χ0v) is 16.9. The van der Waals surface area contributed by atoms with Crippen LogP contribution < -0.4 is 15.1 Å². The summed E-state index contributed by atoms with van der Waals surface area (Å²) in [5.41, 5.74) is 0.930. The summed E-state index contributed by atoms with van der Waals surface area (Å²) in [4.78, 5) is 26.9. The number of cyclic esters (lactones) is 1. The molecule has 1 N–H and O–H groups in total. The summed E-state index contributed by atoms with van der Waals surface area (Å²) in [6, 6.07) is 4.51. The van der Waals surface area contributed by atoms with Gasteiger partial charge >= 0.3 is 6.09 Å². The molecule has 0 aromatic heterocycles. The van der Waals surface area contributed by atoms with Gasteiger partial charge in [-0.2, -0.15) is 0 Å². The molecule has 0 saturated carbocycles. The third kappa shape index (κ3) is 3.92. The minimum Gasteiger partial charge on any atom is -0.442 e. The van der Waals surface area contributed by atoms with E-state index in [1.165, 1.54) is 17.9 Å². The number of hydrogen-bond acceptors (Lipinski definition) is 5. The maximum absolute atomic E-state index is 15.0. The van der Waals surface area contributed by atoms with Crippen LogP contribution >= 0.6 is 0 Å². The zero-order valence-electron chi connectivity index (χ0n) is 16.9. The molecular formula is C20H28FN3O4. The second-order valence-electron chi connectivity index (χ2n) is 7.65. The summed E-state index contributed by atoms with van der Waals surface area (Å²) in [6.07, 6.45) is -1.03. The number of ether oxygens (including phenoxy) is 2. The van der Waals surface area contributed by atoms with Gasteiger partial charge in [0.2, 0.25) is 5.91 Å². The number of anilines is 2. The SMILES string of the molecule is CC(=O)NC[C@@H]1OC(=O)N(c2ccc(N3CC(C)OC(C)C3C)c(F)c2)C1C. The molecule has 2 fully saturated rings. The molecule has 0 radical (unpaired) electrons. The molecule has 1 aromatic carbocycles. The first-order valence-electron chi connectivity index (χ1n) is 9.65. The summed E-state index contributed by atoms with van der Waals surface area (Å²) in [6.45, 7) is 10.0. The van der Waals surface area contributed by atoms with Gasteiger partial charge in [-0.25, -0.2) is 9.18 Å². The van der Waals surface area contributed by atoms with Crippen molar-refractivity contribution in [1.82, 2.24) is 5.32 Å². The maximum atomic E-state index is 15.0. The lowest BCUT2D eigenvalue weighted by atomic mass is 10.1. The lowest BCUT2D eigenvalue weighted by molar-refractivity contribution is -0.119. The lowest BCUT2D eigenvalue weighted by Crippen LogP contribution is -2.52. The van der Waals surface area contributed by atoms with E-state index in [1.807, 2.05) is 32.6 Å². The van der Waals surface area contributed by atoms with Crippen molar-refractivity contribution in [3.8, 4) is 0 Å². The van der Waals surface area contributed by atoms with Crippen molar-refractivity contribution in [2.75, 3.05) is 22.9 Å². The molecule has 154 valence electrons. The van der Waals surface area contributed by atoms with Crippen LogP contribution in [0, 0.1) is 5.82 Å². The van der Waals surface area contributed by atoms with Crippen LogP contribution in [0.1, 0.15) is 34.6 Å². The highest BCUT2D eigenvalue weighted by molar-refractivity contribution is 5.91. The van der Waals surface area contributed by atoms with Gasteiger partial charge in [0.15, 0.2) is 0 Å². The van der Waals surface area contributed by atoms with Crippen molar-refractivity contribution >= 4 is 23.4 Å². The normalized spacial score (nSPS) is 30.4. The molecule has 8 heteroatoms. The monoisotopic (exact) mass is 393 g/mol. The van der Waals surface area contributed by atoms with E-state index >= 15 is 4.39 Å². The van der Waals surface area contributed by atoms with Gasteiger partial charge in [-0.3, -0.25) is 9.69 Å². The third-order valence-corrected chi connectivity index (χ3v) is 5.54. The van der Waals surface area contributed by atoms with Crippen molar-refractivity contribution in [1.29, 1.82) is 0 Å². The van der Waals surface area contributed by atoms with E-state index in [1.54, 1.807) is 12.1 Å². The molecule has 1 aromatic rings. The number of halogens is 1. The van der Waals surface area contributed by atoms with Crippen LogP contribution in [0.3, 0.4) is 0 Å². The summed E-state index contributed by atoms with van der Waals surface area (Å²) in [7, 11) is 0. The largest absolute Gasteiger partial charge is 0.442 e. The van der Waals surface area contributed by atoms with Gasteiger partial charge in [0, 0.05) is 13.5 Å². The Morgan fingerprint density at radius 2 is 1.96 bits per heavy atom. The molecule has 2 amide bonds. The number of hydrogen-bond donors (Lipinski definition) is 1. The van der Waals surface area contributed by atoms with Crippen molar-refractivity contribution < 1.29 is 23.5 Å². The number of nitrogens with zero attached hydrogens (tertiary/aromatic N) is 2. The standard InChI is InChI=1S/C20H28FN3O4/c1-11-10-23(12(2)14(4)27-11)18-7-6-16(8-17(18)21)24-13(3)19(28-20(24)26)9-22-15(5)25/h6-8,11-14,19H,9-10H2,1-5H3,(H,22,25)/t11?,12?,13?,14?,19-/m0/s1. The Morgan fingerprint density at radius 3 is 2.61 bits per heavy atom. The fourth-order valence-corrected chi connectivity index (χ4v) is 3.83. The van der Waals surface area contributed by atoms with Crippen LogP contribution in [0.15, 0.2) is 18.2 Å². The molecule has 28 heavy (non-hydrogen) atoms. The second-order valence-corrected chi connectivity index (χ2v) is 7.65. The van der Waals surface area contributed by atoms with Crippen molar-refractivity contribution in [2.45, 2.75) is 65.0 Å². The predicted octanol–water partition coefficient (Wildman–Crippen LogP) is 2.68. The van der Waals surface area contributed by atoms with Gasteiger partial charge in [-0.1, -0.05) is 0 Å². The summed E-state index contributed by atoms with van der Waals surface area (Å²) < 4.78 is 26.2. The highest BCUT2D eigenvalue weighted by Crippen LogP contribution is 2.33. The van der Waals surface area contributed by atoms with Crippen LogP contribution in [0.4, 0.5) is 20.6 Å². The highest BCUT2D eigenvalue weighted by Gasteiger charge is 2.40. The van der Waals surface area contributed by atoms with Crippen LogP contribution in [0.25, 0.3) is 0 Å². The Hall–Kier alpha value is -2.35. The van der Waals surface area contributed by atoms with Crippen LogP contribution in [0.5, 0.6) is 0 Å². The summed E-state index contributed by atoms with van der Waals surface area (Å²) >= 11 is 0. The van der Waals surface area contributed by atoms with Gasteiger partial charge in [0.05, 0.1) is 42.2 Å². The molecule has 0 aliphatic carbocycles. The molecule has 2 heterocycles. The Bertz CT molecular complexity index is 759. The first kappa shape index (κ1) is 20.4. The van der Waals surface area contributed by atoms with E-state index in [2.05, 4.69) is 5.32 Å². The van der Waals surface area contributed by atoms with Crippen molar-refractivity contribution in [3.05, 3.63) is 24.0 Å². The van der Waals surface area contributed by atoms with E-state index in [9.17, 15) is 9.59 Å². The van der Waals surface area contributed by atoms with Crippen molar-refractivity contribution in [3.63, 3.8) is 0 Å². The number of carbonyl (C=O) groups is 2. The van der Waals surface area contributed by atoms with Gasteiger partial charge in [0.1, 0.15) is 11.9 Å². The quantitative estimate of drug-likeness (QED) is 0.852. The Balaban J connectivity index is 1.80. The molecule has 2 aliphatic rings. The number of benzene rings is 1. The molecule has 4 unspecified atom stereocenters. The van der Waals surface area contributed by atoms with Gasteiger partial charge in [-0.15, -0.1) is 0 Å². The topological polar surface area (TPSA) is 71.1 Å². The number of nitrogens with one attached hydrogen (secondary N) is 1. The number of amides is 2. The van der Waals surface area contributed by atoms with E-state index in [0.717, 1.165) is 0 Å². The average molecular weight is 393 g/mol. The fourth-order valence-electron chi connectivity index (χ4n) is 3.83. The average Bonchev–Trinajstić information content (AvgIpc) is 2.90. The van der Waals surface area contributed by atoms with Gasteiger partial charge in [0.25, 0.3) is 0 Å². The van der Waals surface area contributed by atoms with E-state index in [0.29, 0.717) is 17.9 Å². The minimum absolute atomic E-state index is 0.00777. The molecule has 3 rings (SSSR count). The molecular weight excluding hydrogens is 365 g/mol. The number of carbonyl (C=O) groups excluding carboxylic acids is 2. The zero-order chi connectivity index (χ0) is 20.6. The molecule has 0 bridgehead atoms. The van der Waals surface area contributed by atoms with Gasteiger partial charge in [-0.05, 0) is 45.9 Å². The molecule has 0 spiro atoms.